The second-order valence-corrected chi connectivity index (χ2v) is 2.96. The van der Waals surface area contributed by atoms with Gasteiger partial charge >= 0.3 is 0 Å². The third-order valence-corrected chi connectivity index (χ3v) is 2.05. The van der Waals surface area contributed by atoms with Gasteiger partial charge < -0.3 is 0 Å². The highest BCUT2D eigenvalue weighted by molar-refractivity contribution is 6.24. The van der Waals surface area contributed by atoms with Crippen LogP contribution in [0.15, 0.2) is 36.4 Å². The normalized spacial score (nSPS) is 11.7. The summed E-state index contributed by atoms with van der Waals surface area (Å²) in [7, 11) is 0. The van der Waals surface area contributed by atoms with Gasteiger partial charge in [-0.3, -0.25) is 0 Å². The molecule has 0 unspecified atom stereocenters. The van der Waals surface area contributed by atoms with Crippen LogP contribution >= 0.6 is 23.2 Å². The van der Waals surface area contributed by atoms with Gasteiger partial charge in [0.15, 0.2) is 0 Å². The first-order valence-electron chi connectivity index (χ1n) is 3.75. The first-order chi connectivity index (χ1) is 5.88. The molecular weight excluding hydrogens is 191 g/mol. The van der Waals surface area contributed by atoms with E-state index in [1.54, 1.807) is 0 Å². The first kappa shape index (κ1) is 9.63. The van der Waals surface area contributed by atoms with Crippen molar-refractivity contribution in [1.82, 2.24) is 0 Å². The molecule has 0 atom stereocenters. The lowest BCUT2D eigenvalue weighted by Crippen LogP contribution is -1.85. The quantitative estimate of drug-likeness (QED) is 0.656. The van der Waals surface area contributed by atoms with Crippen molar-refractivity contribution in [2.45, 2.75) is 0 Å². The van der Waals surface area contributed by atoms with Crippen molar-refractivity contribution in [3.05, 3.63) is 42.0 Å². The summed E-state index contributed by atoms with van der Waals surface area (Å²) in [4.78, 5) is 0. The Labute approximate surface area is 82.8 Å². The second-order valence-electron chi connectivity index (χ2n) is 2.38. The lowest BCUT2D eigenvalue weighted by atomic mass is 10.1. The van der Waals surface area contributed by atoms with Crippen LogP contribution < -0.4 is 0 Å². The van der Waals surface area contributed by atoms with Crippen molar-refractivity contribution in [1.29, 1.82) is 0 Å². The standard InChI is InChI=1S/C10H10Cl2/c11-7-6-10(8-12)9-4-2-1-3-5-9/h1-6H,7-8H2/b10-6-. The largest absolute Gasteiger partial charge is 0.122 e. The summed E-state index contributed by atoms with van der Waals surface area (Å²) in [5.41, 5.74) is 2.24. The fourth-order valence-corrected chi connectivity index (χ4v) is 1.44. The van der Waals surface area contributed by atoms with Gasteiger partial charge in [-0.2, -0.15) is 0 Å². The SMILES string of the molecule is ClC/C=C(/CCl)c1ccccc1. The van der Waals surface area contributed by atoms with E-state index in [1.807, 2.05) is 36.4 Å². The van der Waals surface area contributed by atoms with Crippen LogP contribution in [0.3, 0.4) is 0 Å². The van der Waals surface area contributed by atoms with Crippen LogP contribution in [0.4, 0.5) is 0 Å². The average molecular weight is 201 g/mol. The van der Waals surface area contributed by atoms with E-state index in [-0.39, 0.29) is 0 Å². The molecule has 0 aliphatic rings. The van der Waals surface area contributed by atoms with Crippen molar-refractivity contribution in [3.8, 4) is 0 Å². The molecule has 1 aromatic carbocycles. The minimum absolute atomic E-state index is 0.511. The maximum absolute atomic E-state index is 5.75. The van der Waals surface area contributed by atoms with Crippen molar-refractivity contribution in [2.24, 2.45) is 0 Å². The van der Waals surface area contributed by atoms with Gasteiger partial charge in [0.1, 0.15) is 0 Å². The van der Waals surface area contributed by atoms with Gasteiger partial charge in [-0.15, -0.1) is 23.2 Å². The Hall–Kier alpha value is -0.460. The number of halogens is 2. The first-order valence-corrected chi connectivity index (χ1v) is 4.81. The zero-order chi connectivity index (χ0) is 8.81. The topological polar surface area (TPSA) is 0 Å². The molecule has 0 aliphatic carbocycles. The molecule has 0 nitrogen and oxygen atoms in total. The van der Waals surface area contributed by atoms with Crippen LogP contribution in [0.2, 0.25) is 0 Å². The van der Waals surface area contributed by atoms with Crippen molar-refractivity contribution < 1.29 is 0 Å². The predicted molar refractivity (Wildman–Crippen MR) is 55.9 cm³/mol. The molecule has 0 saturated heterocycles. The smallest absolute Gasteiger partial charge is 0.0477 e. The number of benzene rings is 1. The van der Waals surface area contributed by atoms with Gasteiger partial charge in [-0.25, -0.2) is 0 Å². The number of rotatable bonds is 3. The highest BCUT2D eigenvalue weighted by Crippen LogP contribution is 2.15. The summed E-state index contributed by atoms with van der Waals surface area (Å²) in [6, 6.07) is 10.0. The minimum atomic E-state index is 0.511. The summed E-state index contributed by atoms with van der Waals surface area (Å²) in [6.45, 7) is 0. The van der Waals surface area contributed by atoms with Crippen LogP contribution in [0, 0.1) is 0 Å². The van der Waals surface area contributed by atoms with Crippen LogP contribution in [0.5, 0.6) is 0 Å². The lowest BCUT2D eigenvalue weighted by molar-refractivity contribution is 1.55. The fourth-order valence-electron chi connectivity index (χ4n) is 0.995. The second kappa shape index (κ2) is 5.23. The van der Waals surface area contributed by atoms with E-state index in [0.717, 1.165) is 11.1 Å². The van der Waals surface area contributed by atoms with Gasteiger partial charge in [-0.05, 0) is 11.1 Å². The van der Waals surface area contributed by atoms with E-state index in [0.29, 0.717) is 11.8 Å². The third kappa shape index (κ3) is 2.54. The van der Waals surface area contributed by atoms with E-state index in [2.05, 4.69) is 0 Å². The monoisotopic (exact) mass is 200 g/mol. The summed E-state index contributed by atoms with van der Waals surface area (Å²) < 4.78 is 0. The van der Waals surface area contributed by atoms with Crippen LogP contribution in [-0.4, -0.2) is 11.8 Å². The summed E-state index contributed by atoms with van der Waals surface area (Å²) in [5.74, 6) is 1.02. The molecular formula is C10H10Cl2. The van der Waals surface area contributed by atoms with Gasteiger partial charge in [0.25, 0.3) is 0 Å². The van der Waals surface area contributed by atoms with E-state index < -0.39 is 0 Å². The molecule has 0 radical (unpaired) electrons. The summed E-state index contributed by atoms with van der Waals surface area (Å²) in [6.07, 6.45) is 1.93. The lowest BCUT2D eigenvalue weighted by Gasteiger charge is -2.01. The summed E-state index contributed by atoms with van der Waals surface area (Å²) in [5, 5.41) is 0. The van der Waals surface area contributed by atoms with Crippen LogP contribution in [-0.2, 0) is 0 Å². The Morgan fingerprint density at radius 2 is 1.83 bits per heavy atom. The predicted octanol–water partition coefficient (Wildman–Crippen LogP) is 3.55. The molecule has 0 N–H and O–H groups in total. The molecule has 0 aromatic heterocycles. The molecule has 0 heterocycles. The van der Waals surface area contributed by atoms with Crippen LogP contribution in [0.25, 0.3) is 5.57 Å². The van der Waals surface area contributed by atoms with E-state index in [4.69, 9.17) is 23.2 Å². The zero-order valence-electron chi connectivity index (χ0n) is 6.63. The third-order valence-electron chi connectivity index (χ3n) is 1.61. The van der Waals surface area contributed by atoms with Crippen LogP contribution in [0.1, 0.15) is 5.56 Å². The molecule has 2 heteroatoms. The molecule has 1 rings (SSSR count). The summed E-state index contributed by atoms with van der Waals surface area (Å²) >= 11 is 11.3. The molecule has 0 amide bonds. The Bertz CT molecular complexity index is 252. The molecule has 12 heavy (non-hydrogen) atoms. The average Bonchev–Trinajstić information content (AvgIpc) is 2.15. The minimum Gasteiger partial charge on any atom is -0.122 e. The number of hydrogen-bond acceptors (Lipinski definition) is 0. The van der Waals surface area contributed by atoms with Gasteiger partial charge in [0.2, 0.25) is 0 Å². The molecule has 0 spiro atoms. The molecule has 0 fully saturated rings. The van der Waals surface area contributed by atoms with E-state index in [1.165, 1.54) is 0 Å². The van der Waals surface area contributed by atoms with E-state index in [9.17, 15) is 0 Å². The van der Waals surface area contributed by atoms with Crippen molar-refractivity contribution in [2.75, 3.05) is 11.8 Å². The Morgan fingerprint density at radius 1 is 1.17 bits per heavy atom. The van der Waals surface area contributed by atoms with Crippen molar-refractivity contribution >= 4 is 28.8 Å². The van der Waals surface area contributed by atoms with Crippen molar-refractivity contribution in [3.63, 3.8) is 0 Å². The highest BCUT2D eigenvalue weighted by Gasteiger charge is 1.96. The maximum atomic E-state index is 5.75. The molecule has 1 aromatic rings. The van der Waals surface area contributed by atoms with Gasteiger partial charge in [0, 0.05) is 11.8 Å². The Balaban J connectivity index is 2.88. The Kier molecular flexibility index (Phi) is 4.20. The number of hydrogen-bond donors (Lipinski definition) is 0. The maximum Gasteiger partial charge on any atom is 0.0477 e. The Morgan fingerprint density at radius 3 is 2.33 bits per heavy atom. The molecule has 0 bridgehead atoms. The molecule has 0 saturated carbocycles. The zero-order valence-corrected chi connectivity index (χ0v) is 8.15. The highest BCUT2D eigenvalue weighted by atomic mass is 35.5. The fraction of sp³-hybridized carbons (Fsp3) is 0.200. The van der Waals surface area contributed by atoms with Gasteiger partial charge in [-0.1, -0.05) is 36.4 Å². The van der Waals surface area contributed by atoms with E-state index >= 15 is 0 Å². The number of alkyl halides is 2. The molecule has 64 valence electrons. The number of allylic oxidation sites excluding steroid dienone is 2. The molecule has 0 aliphatic heterocycles. The van der Waals surface area contributed by atoms with Gasteiger partial charge in [0.05, 0.1) is 0 Å².